The van der Waals surface area contributed by atoms with Crippen LogP contribution in [-0.2, 0) is 0 Å². The van der Waals surface area contributed by atoms with E-state index in [0.29, 0.717) is 0 Å². The van der Waals surface area contributed by atoms with E-state index in [4.69, 9.17) is 11.7 Å². The summed E-state index contributed by atoms with van der Waals surface area (Å²) in [5.74, 6) is 10.6. The number of hydrazine groups is 1. The number of hydrogen-bond donors (Lipinski definition) is 2. The van der Waals surface area contributed by atoms with Crippen LogP contribution in [0.15, 0.2) is 34.6 Å². The maximum absolute atomic E-state index is 5.71. The summed E-state index contributed by atoms with van der Waals surface area (Å²) < 4.78 is 0. The second-order valence-electron chi connectivity index (χ2n) is 2.65. The molecule has 5 heteroatoms. The molecule has 1 aromatic carbocycles. The van der Waals surface area contributed by atoms with Gasteiger partial charge in [0.05, 0.1) is 5.69 Å². The zero-order chi connectivity index (χ0) is 9.68. The van der Waals surface area contributed by atoms with Gasteiger partial charge in [-0.05, 0) is 18.6 Å². The molecule has 0 saturated carbocycles. The van der Waals surface area contributed by atoms with Crippen LogP contribution in [0, 0.1) is 6.92 Å². The predicted octanol–water partition coefficient (Wildman–Crippen LogP) is 0.959. The molecule has 0 radical (unpaired) electrons. The molecule has 4 N–H and O–H groups in total. The normalized spacial score (nSPS) is 10.6. The quantitative estimate of drug-likeness (QED) is 0.412. The largest absolute Gasteiger partial charge is 0.305 e. The Hall–Kier alpha value is -1.62. The number of hydrogen-bond acceptors (Lipinski definition) is 4. The molecule has 0 fully saturated rings. The Morgan fingerprint density at radius 3 is 2.69 bits per heavy atom. The summed E-state index contributed by atoms with van der Waals surface area (Å²) in [5, 5.41) is 8.22. The highest BCUT2D eigenvalue weighted by Crippen LogP contribution is 2.15. The highest BCUT2D eigenvalue weighted by molar-refractivity contribution is 5.51. The first-order valence-electron chi connectivity index (χ1n) is 3.90. The Labute approximate surface area is 77.0 Å². The second-order valence-corrected chi connectivity index (χ2v) is 2.65. The van der Waals surface area contributed by atoms with Crippen LogP contribution in [0.3, 0.4) is 0 Å². The van der Waals surface area contributed by atoms with Crippen molar-refractivity contribution in [3.8, 4) is 0 Å². The Kier molecular flexibility index (Phi) is 3.22. The first kappa shape index (κ1) is 9.47. The van der Waals surface area contributed by atoms with Gasteiger partial charge < -0.3 is 5.84 Å². The van der Waals surface area contributed by atoms with E-state index < -0.39 is 0 Å². The first-order chi connectivity index (χ1) is 6.25. The lowest BCUT2D eigenvalue weighted by atomic mass is 10.2. The van der Waals surface area contributed by atoms with Gasteiger partial charge in [-0.3, -0.25) is 5.01 Å². The lowest BCUT2D eigenvalue weighted by Gasteiger charge is -2.17. The van der Waals surface area contributed by atoms with Crippen LogP contribution in [0.5, 0.6) is 0 Å². The minimum Gasteiger partial charge on any atom is -0.305 e. The molecule has 0 amide bonds. The second kappa shape index (κ2) is 4.42. The van der Waals surface area contributed by atoms with E-state index in [-0.39, 0.29) is 6.67 Å². The molecule has 0 aliphatic rings. The Balaban J connectivity index is 2.76. The third kappa shape index (κ3) is 2.41. The summed E-state index contributed by atoms with van der Waals surface area (Å²) in [6.45, 7) is 2.25. The number of anilines is 1. The molecule has 0 aliphatic carbocycles. The molecule has 0 unspecified atom stereocenters. The fourth-order valence-electron chi connectivity index (χ4n) is 1.07. The minimum absolute atomic E-state index is 0.265. The van der Waals surface area contributed by atoms with Crippen molar-refractivity contribution in [1.29, 1.82) is 0 Å². The summed E-state index contributed by atoms with van der Waals surface area (Å²) in [6, 6.07) is 7.77. The highest BCUT2D eigenvalue weighted by Gasteiger charge is 2.01. The average Bonchev–Trinajstić information content (AvgIpc) is 2.15. The predicted molar refractivity (Wildman–Crippen MR) is 51.8 cm³/mol. The van der Waals surface area contributed by atoms with Crippen molar-refractivity contribution < 1.29 is 0 Å². The van der Waals surface area contributed by atoms with Crippen LogP contribution in [0.1, 0.15) is 5.56 Å². The van der Waals surface area contributed by atoms with Crippen molar-refractivity contribution >= 4 is 5.69 Å². The fourth-order valence-corrected chi connectivity index (χ4v) is 1.07. The van der Waals surface area contributed by atoms with Crippen LogP contribution >= 0.6 is 0 Å². The van der Waals surface area contributed by atoms with Gasteiger partial charge in [0.2, 0.25) is 0 Å². The maximum atomic E-state index is 5.71. The molecule has 1 rings (SSSR count). The zero-order valence-corrected chi connectivity index (χ0v) is 7.51. The van der Waals surface area contributed by atoms with Gasteiger partial charge in [0.1, 0.15) is 6.67 Å². The molecule has 0 aromatic heterocycles. The molecular formula is C8H13N5. The lowest BCUT2D eigenvalue weighted by molar-refractivity contribution is 0.798. The van der Waals surface area contributed by atoms with Crippen molar-refractivity contribution in [2.45, 2.75) is 6.92 Å². The Morgan fingerprint density at radius 1 is 1.38 bits per heavy atom. The molecule has 0 heterocycles. The maximum Gasteiger partial charge on any atom is 0.147 e. The van der Waals surface area contributed by atoms with Gasteiger partial charge in [0.25, 0.3) is 0 Å². The van der Waals surface area contributed by atoms with E-state index in [1.165, 1.54) is 5.01 Å². The molecule has 13 heavy (non-hydrogen) atoms. The summed E-state index contributed by atoms with van der Waals surface area (Å²) in [6.07, 6.45) is 0. The molecule has 0 atom stereocenters. The van der Waals surface area contributed by atoms with Gasteiger partial charge in [-0.25, -0.2) is 5.84 Å². The van der Waals surface area contributed by atoms with Gasteiger partial charge in [-0.2, -0.15) is 0 Å². The summed E-state index contributed by atoms with van der Waals surface area (Å²) in [5.41, 5.74) is 2.02. The van der Waals surface area contributed by atoms with E-state index in [2.05, 4.69) is 10.3 Å². The monoisotopic (exact) mass is 179 g/mol. The van der Waals surface area contributed by atoms with Crippen LogP contribution in [0.2, 0.25) is 0 Å². The van der Waals surface area contributed by atoms with Crippen molar-refractivity contribution in [2.75, 3.05) is 11.7 Å². The van der Waals surface area contributed by atoms with Gasteiger partial charge in [0.15, 0.2) is 0 Å². The Morgan fingerprint density at radius 2 is 2.08 bits per heavy atom. The van der Waals surface area contributed by atoms with Crippen molar-refractivity contribution in [3.63, 3.8) is 0 Å². The van der Waals surface area contributed by atoms with E-state index in [1.54, 1.807) is 0 Å². The third-order valence-electron chi connectivity index (χ3n) is 1.72. The number of aryl methyl sites for hydroxylation is 1. The molecule has 5 nitrogen and oxygen atoms in total. The fraction of sp³-hybridized carbons (Fsp3) is 0.250. The van der Waals surface area contributed by atoms with Crippen LogP contribution in [0.4, 0.5) is 5.69 Å². The highest BCUT2D eigenvalue weighted by atomic mass is 15.5. The molecule has 0 aliphatic heterocycles. The topological polar surface area (TPSA) is 80.0 Å². The number of nitrogens with zero attached hydrogens (tertiary/aromatic N) is 3. The van der Waals surface area contributed by atoms with Crippen LogP contribution < -0.4 is 16.7 Å². The lowest BCUT2D eigenvalue weighted by Crippen LogP contribution is -2.31. The standard InChI is InChI=1S/C8H13N5/c1-7-4-2-3-5-8(7)13(10)6-11-12-9/h2-5H,6,10H2,1H3,(H2,9,11). The minimum atomic E-state index is 0.265. The van der Waals surface area contributed by atoms with Gasteiger partial charge in [0, 0.05) is 0 Å². The molecule has 0 saturated heterocycles. The molecule has 0 bridgehead atoms. The smallest absolute Gasteiger partial charge is 0.147 e. The van der Waals surface area contributed by atoms with Crippen molar-refractivity contribution in [1.82, 2.24) is 0 Å². The zero-order valence-electron chi connectivity index (χ0n) is 7.51. The van der Waals surface area contributed by atoms with Crippen molar-refractivity contribution in [3.05, 3.63) is 29.8 Å². The van der Waals surface area contributed by atoms with Gasteiger partial charge >= 0.3 is 0 Å². The van der Waals surface area contributed by atoms with Gasteiger partial charge in [-0.1, -0.05) is 23.4 Å². The number of para-hydroxylation sites is 1. The average molecular weight is 179 g/mol. The SMILES string of the molecule is Cc1ccccc1N(N)CN=NN. The van der Waals surface area contributed by atoms with Crippen LogP contribution in [-0.4, -0.2) is 6.67 Å². The number of nitrogens with two attached hydrogens (primary N) is 2. The van der Waals surface area contributed by atoms with Crippen molar-refractivity contribution in [2.24, 2.45) is 22.0 Å². The molecule has 70 valence electrons. The van der Waals surface area contributed by atoms with E-state index in [1.807, 2.05) is 31.2 Å². The number of benzene rings is 1. The third-order valence-corrected chi connectivity index (χ3v) is 1.72. The Bertz CT molecular complexity index is 296. The molecule has 0 spiro atoms. The van der Waals surface area contributed by atoms with E-state index in [9.17, 15) is 0 Å². The summed E-state index contributed by atoms with van der Waals surface area (Å²) >= 11 is 0. The summed E-state index contributed by atoms with van der Waals surface area (Å²) in [4.78, 5) is 0. The van der Waals surface area contributed by atoms with E-state index in [0.717, 1.165) is 11.3 Å². The summed E-state index contributed by atoms with van der Waals surface area (Å²) in [7, 11) is 0. The first-order valence-corrected chi connectivity index (χ1v) is 3.90. The van der Waals surface area contributed by atoms with E-state index >= 15 is 0 Å². The number of rotatable bonds is 3. The van der Waals surface area contributed by atoms with Crippen LogP contribution in [0.25, 0.3) is 0 Å². The molecule has 1 aromatic rings. The molecular weight excluding hydrogens is 166 g/mol. The van der Waals surface area contributed by atoms with Gasteiger partial charge in [-0.15, -0.1) is 5.11 Å².